The highest BCUT2D eigenvalue weighted by Gasteiger charge is 2.24. The summed E-state index contributed by atoms with van der Waals surface area (Å²) >= 11 is 1.57. The molecular weight excluding hydrogens is 284 g/mol. The number of hydrogen-bond donors (Lipinski definition) is 1. The molecular formula is C15H22N4OS. The Morgan fingerprint density at radius 1 is 1.14 bits per heavy atom. The quantitative estimate of drug-likeness (QED) is 0.797. The molecule has 2 aromatic heterocycles. The minimum absolute atomic E-state index is 0.633. The lowest BCUT2D eigenvalue weighted by atomic mass is 10.0. The van der Waals surface area contributed by atoms with Gasteiger partial charge in [0.15, 0.2) is 11.0 Å². The number of aromatic nitrogens is 4. The minimum atomic E-state index is -0.633. The predicted molar refractivity (Wildman–Crippen MR) is 85.2 cm³/mol. The molecule has 0 fully saturated rings. The second-order valence-corrected chi connectivity index (χ2v) is 5.95. The van der Waals surface area contributed by atoms with E-state index in [4.69, 9.17) is 0 Å². The van der Waals surface area contributed by atoms with E-state index in [1.165, 1.54) is 0 Å². The van der Waals surface area contributed by atoms with E-state index in [0.717, 1.165) is 35.9 Å². The van der Waals surface area contributed by atoms with Crippen molar-refractivity contribution in [3.8, 4) is 11.4 Å². The lowest BCUT2D eigenvalue weighted by molar-refractivity contribution is 0.0571. The van der Waals surface area contributed by atoms with E-state index >= 15 is 0 Å². The molecule has 0 radical (unpaired) electrons. The molecule has 0 unspecified atom stereocenters. The molecule has 2 heterocycles. The fourth-order valence-corrected chi connectivity index (χ4v) is 3.32. The largest absolute Gasteiger partial charge is 0.389 e. The highest BCUT2D eigenvalue weighted by molar-refractivity contribution is 7.99. The molecule has 0 aliphatic rings. The van der Waals surface area contributed by atoms with Crippen molar-refractivity contribution >= 4 is 11.8 Å². The van der Waals surface area contributed by atoms with E-state index in [1.807, 2.05) is 26.0 Å². The van der Waals surface area contributed by atoms with Crippen molar-refractivity contribution in [3.63, 3.8) is 0 Å². The van der Waals surface area contributed by atoms with Crippen LogP contribution in [0.4, 0.5) is 0 Å². The Balaban J connectivity index is 2.21. The Morgan fingerprint density at radius 3 is 2.38 bits per heavy atom. The van der Waals surface area contributed by atoms with Crippen molar-refractivity contribution in [1.82, 2.24) is 19.7 Å². The maximum atomic E-state index is 10.4. The van der Waals surface area contributed by atoms with E-state index in [-0.39, 0.29) is 0 Å². The van der Waals surface area contributed by atoms with E-state index < -0.39 is 5.60 Å². The summed E-state index contributed by atoms with van der Waals surface area (Å²) in [6, 6.07) is 3.86. The first-order valence-corrected chi connectivity index (χ1v) is 8.31. The third-order valence-electron chi connectivity index (χ3n) is 3.76. The van der Waals surface area contributed by atoms with Gasteiger partial charge in [-0.2, -0.15) is 0 Å². The summed E-state index contributed by atoms with van der Waals surface area (Å²) in [4.78, 5) is 4.03. The summed E-state index contributed by atoms with van der Waals surface area (Å²) in [5, 5.41) is 19.8. The molecule has 0 aromatic carbocycles. The molecule has 1 N–H and O–H groups in total. The van der Waals surface area contributed by atoms with Crippen LogP contribution in [-0.2, 0) is 6.54 Å². The molecule has 21 heavy (non-hydrogen) atoms. The van der Waals surface area contributed by atoms with Crippen LogP contribution in [0, 0.1) is 0 Å². The molecule has 0 spiro atoms. The summed E-state index contributed by atoms with van der Waals surface area (Å²) in [7, 11) is 0. The van der Waals surface area contributed by atoms with Crippen LogP contribution in [0.3, 0.4) is 0 Å². The van der Waals surface area contributed by atoms with Crippen LogP contribution in [0.1, 0.15) is 33.6 Å². The van der Waals surface area contributed by atoms with Gasteiger partial charge in [-0.1, -0.05) is 25.6 Å². The van der Waals surface area contributed by atoms with Gasteiger partial charge in [0.05, 0.1) is 5.60 Å². The van der Waals surface area contributed by atoms with Crippen molar-refractivity contribution in [3.05, 3.63) is 24.5 Å². The summed E-state index contributed by atoms with van der Waals surface area (Å²) in [5.41, 5.74) is 0.374. The van der Waals surface area contributed by atoms with E-state index in [9.17, 15) is 5.11 Å². The second-order valence-electron chi connectivity index (χ2n) is 5.01. The van der Waals surface area contributed by atoms with Gasteiger partial charge in [-0.3, -0.25) is 4.98 Å². The molecule has 0 amide bonds. The molecule has 0 bridgehead atoms. The van der Waals surface area contributed by atoms with Crippen molar-refractivity contribution in [2.75, 3.05) is 5.75 Å². The molecule has 0 atom stereocenters. The average molecular weight is 306 g/mol. The molecule has 2 rings (SSSR count). The number of hydrogen-bond acceptors (Lipinski definition) is 5. The first-order chi connectivity index (χ1) is 10.1. The number of aliphatic hydroxyl groups is 1. The van der Waals surface area contributed by atoms with Gasteiger partial charge in [-0.05, 0) is 31.9 Å². The maximum Gasteiger partial charge on any atom is 0.191 e. The van der Waals surface area contributed by atoms with Crippen LogP contribution in [0.25, 0.3) is 11.4 Å². The van der Waals surface area contributed by atoms with Crippen LogP contribution in [-0.4, -0.2) is 36.2 Å². The topological polar surface area (TPSA) is 63.8 Å². The van der Waals surface area contributed by atoms with Gasteiger partial charge in [0, 0.05) is 30.3 Å². The lowest BCUT2D eigenvalue weighted by Crippen LogP contribution is -2.29. The van der Waals surface area contributed by atoms with Gasteiger partial charge in [0.1, 0.15) is 0 Å². The molecule has 6 heteroatoms. The van der Waals surface area contributed by atoms with Gasteiger partial charge < -0.3 is 9.67 Å². The standard InChI is InChI=1S/C15H22N4OS/c1-4-15(20,5-2)11-21-14-18-17-13(19(14)6-3)12-7-9-16-10-8-12/h7-10,20H,4-6,11H2,1-3H3. The normalized spacial score (nSPS) is 11.8. The highest BCUT2D eigenvalue weighted by Crippen LogP contribution is 2.28. The second kappa shape index (κ2) is 7.04. The monoisotopic (exact) mass is 306 g/mol. The Labute approximate surface area is 129 Å². The molecule has 0 aliphatic carbocycles. The zero-order valence-corrected chi connectivity index (χ0v) is 13.6. The number of nitrogens with zero attached hydrogens (tertiary/aromatic N) is 4. The predicted octanol–water partition coefficient (Wildman–Crippen LogP) is 3.00. The van der Waals surface area contributed by atoms with Gasteiger partial charge in [0.2, 0.25) is 0 Å². The molecule has 0 saturated heterocycles. The summed E-state index contributed by atoms with van der Waals surface area (Å²) in [6.07, 6.45) is 5.00. The van der Waals surface area contributed by atoms with E-state index in [1.54, 1.807) is 24.2 Å². The Bertz CT molecular complexity index is 566. The number of pyridine rings is 1. The van der Waals surface area contributed by atoms with Crippen LogP contribution in [0.5, 0.6) is 0 Å². The van der Waals surface area contributed by atoms with Gasteiger partial charge >= 0.3 is 0 Å². The van der Waals surface area contributed by atoms with Gasteiger partial charge in [-0.25, -0.2) is 0 Å². The Morgan fingerprint density at radius 2 is 1.81 bits per heavy atom. The Kier molecular flexibility index (Phi) is 5.36. The summed E-state index contributed by atoms with van der Waals surface area (Å²) < 4.78 is 2.08. The first-order valence-electron chi connectivity index (χ1n) is 7.32. The third-order valence-corrected chi connectivity index (χ3v) is 5.00. The van der Waals surface area contributed by atoms with E-state index in [2.05, 4.69) is 26.7 Å². The van der Waals surface area contributed by atoms with Crippen LogP contribution >= 0.6 is 11.8 Å². The van der Waals surface area contributed by atoms with Crippen molar-refractivity contribution in [2.24, 2.45) is 0 Å². The maximum absolute atomic E-state index is 10.4. The fourth-order valence-electron chi connectivity index (χ4n) is 2.05. The zero-order valence-electron chi connectivity index (χ0n) is 12.8. The Hall–Kier alpha value is -1.40. The summed E-state index contributed by atoms with van der Waals surface area (Å²) in [5.74, 6) is 1.48. The van der Waals surface area contributed by atoms with Gasteiger partial charge in [-0.15, -0.1) is 10.2 Å². The molecule has 0 saturated carbocycles. The lowest BCUT2D eigenvalue weighted by Gasteiger charge is -2.24. The first kappa shape index (κ1) is 16.0. The third kappa shape index (κ3) is 3.63. The molecule has 0 aliphatic heterocycles. The van der Waals surface area contributed by atoms with E-state index in [0.29, 0.717) is 5.75 Å². The fraction of sp³-hybridized carbons (Fsp3) is 0.533. The number of rotatable bonds is 7. The average Bonchev–Trinajstić information content (AvgIpc) is 2.96. The molecule has 5 nitrogen and oxygen atoms in total. The van der Waals surface area contributed by atoms with Gasteiger partial charge in [0.25, 0.3) is 0 Å². The SMILES string of the molecule is CCn1c(SCC(O)(CC)CC)nnc1-c1ccncc1. The van der Waals surface area contributed by atoms with Crippen LogP contribution < -0.4 is 0 Å². The molecule has 2 aromatic rings. The smallest absolute Gasteiger partial charge is 0.191 e. The highest BCUT2D eigenvalue weighted by atomic mass is 32.2. The summed E-state index contributed by atoms with van der Waals surface area (Å²) in [6.45, 7) is 6.89. The minimum Gasteiger partial charge on any atom is -0.389 e. The van der Waals surface area contributed by atoms with Crippen molar-refractivity contribution in [2.45, 2.75) is 50.9 Å². The van der Waals surface area contributed by atoms with Crippen molar-refractivity contribution in [1.29, 1.82) is 0 Å². The zero-order chi connectivity index (χ0) is 15.3. The van der Waals surface area contributed by atoms with Crippen LogP contribution in [0.2, 0.25) is 0 Å². The molecule has 114 valence electrons. The van der Waals surface area contributed by atoms with Crippen molar-refractivity contribution < 1.29 is 5.11 Å². The number of thioether (sulfide) groups is 1. The van der Waals surface area contributed by atoms with Crippen LogP contribution in [0.15, 0.2) is 29.7 Å².